The van der Waals surface area contributed by atoms with Crippen LogP contribution in [0, 0.1) is 0 Å². The molecule has 20 atom stereocenters. The van der Waals surface area contributed by atoms with Crippen molar-refractivity contribution in [3.63, 3.8) is 0 Å². The molecule has 0 aromatic rings. The molecule has 246 valence electrons. The van der Waals surface area contributed by atoms with Crippen LogP contribution in [0.15, 0.2) is 0 Å². The zero-order valence-corrected chi connectivity index (χ0v) is 23.8. The lowest BCUT2D eigenvalue weighted by Gasteiger charge is -2.49. The van der Waals surface area contributed by atoms with E-state index in [-0.39, 0.29) is 0 Å². The number of ether oxygens (including phenoxy) is 8. The van der Waals surface area contributed by atoms with Crippen molar-refractivity contribution in [1.29, 1.82) is 0 Å². The van der Waals surface area contributed by atoms with Crippen molar-refractivity contribution in [2.45, 2.75) is 151 Å². The average molecular weight is 617 g/mol. The molecule has 0 aromatic heterocycles. The van der Waals surface area contributed by atoms with Gasteiger partial charge in [-0.3, -0.25) is 0 Å². The maximum absolute atomic E-state index is 11.1. The van der Waals surface area contributed by atoms with Gasteiger partial charge in [0.15, 0.2) is 25.2 Å². The predicted octanol–water partition coefficient (Wildman–Crippen LogP) is -4.98. The summed E-state index contributed by atoms with van der Waals surface area (Å²) >= 11 is 0. The highest BCUT2D eigenvalue weighted by atomic mass is 16.8. The van der Waals surface area contributed by atoms with Crippen LogP contribution >= 0.6 is 0 Å². The van der Waals surface area contributed by atoms with Crippen molar-refractivity contribution < 1.29 is 83.9 Å². The molecule has 9 N–H and O–H groups in total. The molecule has 4 fully saturated rings. The lowest BCUT2D eigenvalue weighted by atomic mass is 9.96. The van der Waals surface area contributed by atoms with E-state index in [0.29, 0.717) is 0 Å². The molecule has 4 saturated heterocycles. The van der Waals surface area contributed by atoms with Crippen LogP contribution in [0.25, 0.3) is 0 Å². The minimum Gasteiger partial charge on any atom is -0.388 e. The fourth-order valence-corrected chi connectivity index (χ4v) is 5.45. The zero-order chi connectivity index (χ0) is 31.2. The molecule has 0 bridgehead atoms. The molecule has 0 aromatic carbocycles. The van der Waals surface area contributed by atoms with Crippen molar-refractivity contribution in [2.24, 2.45) is 0 Å². The van der Waals surface area contributed by atoms with Crippen LogP contribution in [0.1, 0.15) is 27.7 Å². The summed E-state index contributed by atoms with van der Waals surface area (Å²) in [5, 5.41) is 94.8. The fourth-order valence-electron chi connectivity index (χ4n) is 5.45. The number of rotatable bonds is 7. The van der Waals surface area contributed by atoms with E-state index in [9.17, 15) is 46.0 Å². The van der Waals surface area contributed by atoms with E-state index in [2.05, 4.69) is 0 Å². The Balaban J connectivity index is 1.53. The van der Waals surface area contributed by atoms with Gasteiger partial charge in [0.05, 0.1) is 24.4 Å². The predicted molar refractivity (Wildman–Crippen MR) is 133 cm³/mol. The Hall–Kier alpha value is -0.680. The second-order valence-corrected chi connectivity index (χ2v) is 11.3. The molecule has 17 heteroatoms. The van der Waals surface area contributed by atoms with Crippen molar-refractivity contribution in [2.75, 3.05) is 7.11 Å². The zero-order valence-electron chi connectivity index (χ0n) is 23.8. The summed E-state index contributed by atoms with van der Waals surface area (Å²) in [6, 6.07) is 0. The number of hydrogen-bond donors (Lipinski definition) is 9. The molecule has 42 heavy (non-hydrogen) atoms. The third-order valence-corrected chi connectivity index (χ3v) is 8.27. The normalized spacial score (nSPS) is 55.9. The minimum atomic E-state index is -1.80. The Morgan fingerprint density at radius 1 is 0.357 bits per heavy atom. The highest BCUT2D eigenvalue weighted by Crippen LogP contribution is 2.34. The molecule has 0 radical (unpaired) electrons. The molecule has 0 saturated carbocycles. The molecule has 4 aliphatic rings. The summed E-state index contributed by atoms with van der Waals surface area (Å²) < 4.78 is 45.0. The first-order valence-corrected chi connectivity index (χ1v) is 13.9. The van der Waals surface area contributed by atoms with Gasteiger partial charge in [-0.2, -0.15) is 0 Å². The van der Waals surface area contributed by atoms with Crippen molar-refractivity contribution in [1.82, 2.24) is 0 Å². The van der Waals surface area contributed by atoms with Gasteiger partial charge in [0.1, 0.15) is 73.2 Å². The van der Waals surface area contributed by atoms with Gasteiger partial charge >= 0.3 is 0 Å². The van der Waals surface area contributed by atoms with E-state index in [4.69, 9.17) is 37.9 Å². The third kappa shape index (κ3) is 6.63. The average Bonchev–Trinajstić information content (AvgIpc) is 2.95. The van der Waals surface area contributed by atoms with Crippen LogP contribution in [-0.4, -0.2) is 176 Å². The molecule has 4 rings (SSSR count). The third-order valence-electron chi connectivity index (χ3n) is 8.27. The summed E-state index contributed by atoms with van der Waals surface area (Å²) in [5.41, 5.74) is 0. The molecule has 17 nitrogen and oxygen atoms in total. The molecule has 0 unspecified atom stereocenters. The first kappa shape index (κ1) is 34.2. The number of aliphatic hydroxyl groups excluding tert-OH is 9. The van der Waals surface area contributed by atoms with Crippen LogP contribution in [0.4, 0.5) is 0 Å². The van der Waals surface area contributed by atoms with Gasteiger partial charge < -0.3 is 83.9 Å². The van der Waals surface area contributed by atoms with Crippen molar-refractivity contribution in [3.8, 4) is 0 Å². The van der Waals surface area contributed by atoms with Gasteiger partial charge in [0.25, 0.3) is 0 Å². The SMILES string of the molecule is CO[C@@H]1O[C@@H](C)[C@H](O)[C@@H](O)[C@H]1O[C@@H]1O[C@@H](C)[C@H](O)[C@@H](O)[C@H]1O[C@@H]1O[C@@H](C)[C@H](O)[C@@H](O[C@@H]2O[C@@H](C)[C@H](O)[C@@H](O)[C@H]2O)[C@H]1O. The summed E-state index contributed by atoms with van der Waals surface area (Å²) in [6.45, 7) is 5.84. The molecule has 0 aliphatic carbocycles. The van der Waals surface area contributed by atoms with E-state index < -0.39 is 123 Å². The van der Waals surface area contributed by atoms with Gasteiger partial charge in [-0.1, -0.05) is 0 Å². The summed E-state index contributed by atoms with van der Waals surface area (Å²) in [6.07, 6.45) is -28.2. The van der Waals surface area contributed by atoms with Crippen LogP contribution in [0.2, 0.25) is 0 Å². The van der Waals surface area contributed by atoms with Gasteiger partial charge in [0, 0.05) is 7.11 Å². The van der Waals surface area contributed by atoms with Gasteiger partial charge in [-0.25, -0.2) is 0 Å². The van der Waals surface area contributed by atoms with Crippen molar-refractivity contribution >= 4 is 0 Å². The molecule has 4 aliphatic heterocycles. The Morgan fingerprint density at radius 3 is 1.24 bits per heavy atom. The Kier molecular flexibility index (Phi) is 11.2. The van der Waals surface area contributed by atoms with Gasteiger partial charge in [-0.05, 0) is 27.7 Å². The van der Waals surface area contributed by atoms with Crippen LogP contribution < -0.4 is 0 Å². The first-order chi connectivity index (χ1) is 19.7. The maximum Gasteiger partial charge on any atom is 0.187 e. The highest BCUT2D eigenvalue weighted by Gasteiger charge is 2.54. The smallest absolute Gasteiger partial charge is 0.187 e. The van der Waals surface area contributed by atoms with E-state index in [0.717, 1.165) is 0 Å². The fraction of sp³-hybridized carbons (Fsp3) is 1.00. The summed E-state index contributed by atoms with van der Waals surface area (Å²) in [4.78, 5) is 0. The molecule has 0 spiro atoms. The lowest BCUT2D eigenvalue weighted by molar-refractivity contribution is -0.395. The lowest BCUT2D eigenvalue weighted by Crippen LogP contribution is -2.66. The van der Waals surface area contributed by atoms with E-state index in [1.807, 2.05) is 0 Å². The van der Waals surface area contributed by atoms with E-state index >= 15 is 0 Å². The molecule has 4 heterocycles. The maximum atomic E-state index is 11.1. The second kappa shape index (κ2) is 13.8. The largest absolute Gasteiger partial charge is 0.388 e. The van der Waals surface area contributed by atoms with E-state index in [1.165, 1.54) is 34.8 Å². The number of methoxy groups -OCH3 is 1. The van der Waals surface area contributed by atoms with Crippen LogP contribution in [0.5, 0.6) is 0 Å². The first-order valence-electron chi connectivity index (χ1n) is 13.9. The number of hydrogen-bond acceptors (Lipinski definition) is 17. The molecular formula is C25H44O17. The Bertz CT molecular complexity index is 867. The van der Waals surface area contributed by atoms with Gasteiger partial charge in [-0.15, -0.1) is 0 Å². The topological polar surface area (TPSA) is 256 Å². The molecular weight excluding hydrogens is 572 g/mol. The molecule has 0 amide bonds. The standard InChI is InChI=1S/C25H44O17/c1-6-10(26)14(30)17(33)22(36-6)40-19-13(29)9(4)37-23(18(19)34)41-21-16(32)12(28)8(3)39-25(21)42-20-15(31)11(27)7(2)38-24(20)35-5/h6-34H,1-5H3/t6-,7-,8-,9-,10-,11-,12-,13-,14+,15+,16+,17+,18+,19+,20+,21+,22-,23-,24+,25-/m0/s1. The second-order valence-electron chi connectivity index (χ2n) is 11.3. The Labute approximate surface area is 242 Å². The quantitative estimate of drug-likeness (QED) is 0.130. The number of aliphatic hydroxyl groups is 9. The highest BCUT2D eigenvalue weighted by molar-refractivity contribution is 4.96. The monoisotopic (exact) mass is 616 g/mol. The summed E-state index contributed by atoms with van der Waals surface area (Å²) in [5.74, 6) is 0. The van der Waals surface area contributed by atoms with Crippen LogP contribution in [0.3, 0.4) is 0 Å². The van der Waals surface area contributed by atoms with Gasteiger partial charge in [0.2, 0.25) is 0 Å². The van der Waals surface area contributed by atoms with E-state index in [1.54, 1.807) is 0 Å². The van der Waals surface area contributed by atoms with Crippen LogP contribution in [-0.2, 0) is 37.9 Å². The van der Waals surface area contributed by atoms with Crippen molar-refractivity contribution in [3.05, 3.63) is 0 Å². The minimum absolute atomic E-state index is 0.801. The summed E-state index contributed by atoms with van der Waals surface area (Å²) in [7, 11) is 1.29. The Morgan fingerprint density at radius 2 is 0.714 bits per heavy atom.